The second-order valence-electron chi connectivity index (χ2n) is 9.16. The normalized spacial score (nSPS) is 26.6. The molecule has 1 unspecified atom stereocenters. The Labute approximate surface area is 180 Å². The zero-order valence-corrected chi connectivity index (χ0v) is 17.7. The van der Waals surface area contributed by atoms with Crippen LogP contribution in [0.4, 0.5) is 0 Å². The van der Waals surface area contributed by atoms with Crippen molar-refractivity contribution in [1.29, 1.82) is 0 Å². The van der Waals surface area contributed by atoms with E-state index in [0.29, 0.717) is 30.1 Å². The summed E-state index contributed by atoms with van der Waals surface area (Å²) in [6, 6.07) is 11.6. The van der Waals surface area contributed by atoms with Crippen LogP contribution in [0.5, 0.6) is 11.5 Å². The summed E-state index contributed by atoms with van der Waals surface area (Å²) in [5.41, 5.74) is 2.62. The van der Waals surface area contributed by atoms with Crippen LogP contribution >= 0.6 is 0 Å². The van der Waals surface area contributed by atoms with Crippen molar-refractivity contribution < 1.29 is 23.8 Å². The third-order valence-electron chi connectivity index (χ3n) is 7.20. The van der Waals surface area contributed by atoms with E-state index in [-0.39, 0.29) is 24.8 Å². The Bertz CT molecular complexity index is 1200. The van der Waals surface area contributed by atoms with E-state index in [9.17, 15) is 9.90 Å². The van der Waals surface area contributed by atoms with E-state index in [1.54, 1.807) is 0 Å². The maximum Gasteiger partial charge on any atom is 0.290 e. The first kappa shape index (κ1) is 18.8. The molecule has 1 amide bonds. The Hall–Kier alpha value is -2.99. The van der Waals surface area contributed by atoms with Gasteiger partial charge in [0.1, 0.15) is 5.58 Å². The van der Waals surface area contributed by atoms with Crippen molar-refractivity contribution in [2.24, 2.45) is 0 Å². The number of piperidine rings is 1. The number of hydrogen-bond acceptors (Lipinski definition) is 5. The van der Waals surface area contributed by atoms with Crippen LogP contribution in [0, 0.1) is 13.8 Å². The zero-order chi connectivity index (χ0) is 21.3. The maximum absolute atomic E-state index is 13.6. The minimum Gasteiger partial charge on any atom is -0.454 e. The van der Waals surface area contributed by atoms with Gasteiger partial charge in [-0.3, -0.25) is 4.79 Å². The Morgan fingerprint density at radius 1 is 1.03 bits per heavy atom. The second-order valence-corrected chi connectivity index (χ2v) is 9.16. The molecule has 1 aromatic heterocycles. The highest BCUT2D eigenvalue weighted by Gasteiger charge is 2.51. The van der Waals surface area contributed by atoms with Crippen molar-refractivity contribution in [3.63, 3.8) is 0 Å². The van der Waals surface area contributed by atoms with Gasteiger partial charge in [0.05, 0.1) is 5.60 Å². The summed E-state index contributed by atoms with van der Waals surface area (Å²) in [7, 11) is 0. The van der Waals surface area contributed by atoms with Crippen molar-refractivity contribution in [1.82, 2.24) is 4.90 Å². The molecule has 0 aliphatic carbocycles. The first-order valence-corrected chi connectivity index (χ1v) is 10.9. The number of carbonyl (C=O) groups excluding carboxylic acids is 1. The number of amides is 1. The number of furan rings is 1. The molecule has 2 saturated heterocycles. The van der Waals surface area contributed by atoms with Crippen LogP contribution in [0.3, 0.4) is 0 Å². The van der Waals surface area contributed by atoms with E-state index < -0.39 is 5.60 Å². The van der Waals surface area contributed by atoms with E-state index in [1.807, 2.05) is 49.1 Å². The highest BCUT2D eigenvalue weighted by molar-refractivity contribution is 5.99. The molecule has 0 saturated carbocycles. The van der Waals surface area contributed by atoms with Crippen molar-refractivity contribution in [2.45, 2.75) is 57.2 Å². The number of aryl methyl sites for hydroxylation is 2. The molecule has 2 bridgehead atoms. The van der Waals surface area contributed by atoms with E-state index in [1.165, 1.54) is 0 Å². The van der Waals surface area contributed by atoms with Gasteiger partial charge in [0.15, 0.2) is 17.3 Å². The second kappa shape index (κ2) is 6.50. The Kier molecular flexibility index (Phi) is 3.93. The van der Waals surface area contributed by atoms with Gasteiger partial charge in [-0.2, -0.15) is 0 Å². The number of ether oxygens (including phenoxy) is 2. The summed E-state index contributed by atoms with van der Waals surface area (Å²) >= 11 is 0. The maximum atomic E-state index is 13.6. The quantitative estimate of drug-likeness (QED) is 0.665. The summed E-state index contributed by atoms with van der Waals surface area (Å²) in [4.78, 5) is 15.5. The van der Waals surface area contributed by atoms with Gasteiger partial charge in [-0.15, -0.1) is 0 Å². The van der Waals surface area contributed by atoms with Crippen molar-refractivity contribution >= 4 is 16.9 Å². The van der Waals surface area contributed by atoms with Crippen LogP contribution in [-0.4, -0.2) is 34.8 Å². The fourth-order valence-corrected chi connectivity index (χ4v) is 5.63. The third-order valence-corrected chi connectivity index (χ3v) is 7.20. The number of fused-ring (bicyclic) bond motifs is 4. The molecular weight excluding hydrogens is 394 g/mol. The highest BCUT2D eigenvalue weighted by atomic mass is 16.7. The van der Waals surface area contributed by atoms with Gasteiger partial charge >= 0.3 is 0 Å². The predicted molar refractivity (Wildman–Crippen MR) is 114 cm³/mol. The number of hydrogen-bond donors (Lipinski definition) is 1. The molecule has 0 spiro atoms. The Morgan fingerprint density at radius 2 is 1.77 bits per heavy atom. The number of benzene rings is 2. The molecule has 3 atom stereocenters. The SMILES string of the molecule is Cc1ccc2oc(C(=O)N3[C@@H]4CC[C@H]3CC(O)(c3ccc5c(c3)OCO5)C4)c(C)c2c1. The third kappa shape index (κ3) is 2.78. The molecule has 2 aromatic carbocycles. The van der Waals surface area contributed by atoms with E-state index in [0.717, 1.165) is 40.5 Å². The number of rotatable bonds is 2. The summed E-state index contributed by atoms with van der Waals surface area (Å²) in [6.45, 7) is 4.20. The molecular formula is C25H25NO5. The van der Waals surface area contributed by atoms with Crippen LogP contribution in [0.2, 0.25) is 0 Å². The van der Waals surface area contributed by atoms with Crippen LogP contribution in [0.15, 0.2) is 40.8 Å². The van der Waals surface area contributed by atoms with Gasteiger partial charge in [-0.1, -0.05) is 17.7 Å². The summed E-state index contributed by atoms with van der Waals surface area (Å²) in [5.74, 6) is 1.74. The summed E-state index contributed by atoms with van der Waals surface area (Å²) in [5, 5.41) is 12.6. The Balaban J connectivity index is 1.31. The van der Waals surface area contributed by atoms with Crippen molar-refractivity contribution in [3.05, 3.63) is 58.8 Å². The molecule has 160 valence electrons. The monoisotopic (exact) mass is 419 g/mol. The van der Waals surface area contributed by atoms with Crippen LogP contribution in [0.1, 0.15) is 52.9 Å². The van der Waals surface area contributed by atoms with Gasteiger partial charge in [-0.25, -0.2) is 0 Å². The van der Waals surface area contributed by atoms with Crippen LogP contribution in [-0.2, 0) is 5.60 Å². The zero-order valence-electron chi connectivity index (χ0n) is 17.7. The molecule has 3 aromatic rings. The van der Waals surface area contributed by atoms with Gasteiger partial charge in [-0.05, 0) is 56.5 Å². The lowest BCUT2D eigenvalue weighted by Crippen LogP contribution is -2.52. The fourth-order valence-electron chi connectivity index (χ4n) is 5.63. The minimum atomic E-state index is -0.983. The fraction of sp³-hybridized carbons (Fsp3) is 0.400. The largest absolute Gasteiger partial charge is 0.454 e. The average Bonchev–Trinajstić information content (AvgIpc) is 3.42. The lowest BCUT2D eigenvalue weighted by Gasteiger charge is -2.43. The number of carbonyl (C=O) groups is 1. The molecule has 6 heteroatoms. The highest BCUT2D eigenvalue weighted by Crippen LogP contribution is 2.48. The minimum absolute atomic E-state index is 0.0176. The summed E-state index contributed by atoms with van der Waals surface area (Å²) < 4.78 is 16.9. The van der Waals surface area contributed by atoms with Gasteiger partial charge < -0.3 is 23.9 Å². The topological polar surface area (TPSA) is 72.1 Å². The molecule has 4 heterocycles. The molecule has 6 rings (SSSR count). The summed E-state index contributed by atoms with van der Waals surface area (Å²) in [6.07, 6.45) is 2.80. The van der Waals surface area contributed by atoms with Crippen LogP contribution < -0.4 is 9.47 Å². The van der Waals surface area contributed by atoms with E-state index in [4.69, 9.17) is 13.9 Å². The van der Waals surface area contributed by atoms with Crippen molar-refractivity contribution in [3.8, 4) is 11.5 Å². The van der Waals surface area contributed by atoms with Gasteiger partial charge in [0.2, 0.25) is 6.79 Å². The van der Waals surface area contributed by atoms with Crippen LogP contribution in [0.25, 0.3) is 11.0 Å². The Morgan fingerprint density at radius 3 is 2.55 bits per heavy atom. The van der Waals surface area contributed by atoms with E-state index >= 15 is 0 Å². The molecule has 1 N–H and O–H groups in total. The number of nitrogens with zero attached hydrogens (tertiary/aromatic N) is 1. The first-order valence-electron chi connectivity index (χ1n) is 10.9. The smallest absolute Gasteiger partial charge is 0.290 e. The average molecular weight is 419 g/mol. The molecule has 31 heavy (non-hydrogen) atoms. The lowest BCUT2D eigenvalue weighted by molar-refractivity contribution is -0.0486. The first-order chi connectivity index (χ1) is 14.9. The molecule has 0 radical (unpaired) electrons. The molecule has 2 fully saturated rings. The van der Waals surface area contributed by atoms with Crippen molar-refractivity contribution in [2.75, 3.05) is 6.79 Å². The predicted octanol–water partition coefficient (Wildman–Crippen LogP) is 4.43. The molecule has 3 aliphatic rings. The van der Waals surface area contributed by atoms with Gasteiger partial charge in [0.25, 0.3) is 5.91 Å². The molecule has 3 aliphatic heterocycles. The molecule has 6 nitrogen and oxygen atoms in total. The van der Waals surface area contributed by atoms with Gasteiger partial charge in [0, 0.05) is 35.9 Å². The standard InChI is InChI=1S/C25H25NO5/c1-14-3-7-20-19(9-14)15(2)23(31-20)24(27)26-17-5-6-18(26)12-25(28,11-17)16-4-8-21-22(10-16)30-13-29-21/h3-4,7-10,17-18,28H,5-6,11-13H2,1-2H3/t17-,18+,25?. The van der Waals surface area contributed by atoms with E-state index in [2.05, 4.69) is 6.07 Å². The number of aliphatic hydroxyl groups is 1. The lowest BCUT2D eigenvalue weighted by atomic mass is 9.80.